The molecule has 3 rings (SSSR count). The Balaban J connectivity index is 0. The first-order valence-corrected chi connectivity index (χ1v) is 15.9. The Labute approximate surface area is 245 Å². The third kappa shape index (κ3) is 16.2. The number of allylic oxidation sites excluding steroid dienone is 2. The van der Waals surface area contributed by atoms with Crippen molar-refractivity contribution in [3.05, 3.63) is 41.0 Å². The Morgan fingerprint density at radius 3 is 1.92 bits per heavy atom. The molecule has 0 aliphatic heterocycles. The number of aliphatic hydroxyl groups is 2. The van der Waals surface area contributed by atoms with E-state index in [0.717, 1.165) is 69.1 Å². The van der Waals surface area contributed by atoms with E-state index in [2.05, 4.69) is 58.9 Å². The van der Waals surface area contributed by atoms with E-state index in [1.165, 1.54) is 42.4 Å². The molecule has 2 fully saturated rings. The SMILES string of the molecule is CC.CC.CC(C)C.CO.Cc1c(C2CCC(O)CC2)ccc(CC/C=C/C2CCC(C)CC2)c1OI. The molecule has 0 spiro atoms. The molecule has 0 bridgehead atoms. The molecule has 0 atom stereocenters. The van der Waals surface area contributed by atoms with Crippen LogP contribution in [0.4, 0.5) is 0 Å². The summed E-state index contributed by atoms with van der Waals surface area (Å²) in [7, 11) is 1.00. The summed E-state index contributed by atoms with van der Waals surface area (Å²) in [6, 6.07) is 4.59. The summed E-state index contributed by atoms with van der Waals surface area (Å²) in [5.41, 5.74) is 4.04. The van der Waals surface area contributed by atoms with Gasteiger partial charge in [0.15, 0.2) is 23.0 Å². The number of rotatable bonds is 6. The molecule has 37 heavy (non-hydrogen) atoms. The van der Waals surface area contributed by atoms with E-state index in [1.807, 2.05) is 50.7 Å². The van der Waals surface area contributed by atoms with Gasteiger partial charge in [0.2, 0.25) is 0 Å². The van der Waals surface area contributed by atoms with Crippen LogP contribution in [0.5, 0.6) is 5.75 Å². The average Bonchev–Trinajstić information content (AvgIpc) is 2.91. The van der Waals surface area contributed by atoms with Gasteiger partial charge in [0, 0.05) is 7.11 Å². The minimum atomic E-state index is -0.0970. The maximum absolute atomic E-state index is 9.78. The van der Waals surface area contributed by atoms with Crippen molar-refractivity contribution < 1.29 is 13.3 Å². The quantitative estimate of drug-likeness (QED) is 0.242. The van der Waals surface area contributed by atoms with Gasteiger partial charge in [-0.15, -0.1) is 0 Å². The fourth-order valence-corrected chi connectivity index (χ4v) is 5.52. The van der Waals surface area contributed by atoms with Gasteiger partial charge < -0.3 is 13.3 Å². The zero-order valence-electron chi connectivity index (χ0n) is 25.9. The number of halogens is 1. The van der Waals surface area contributed by atoms with E-state index >= 15 is 0 Å². The summed E-state index contributed by atoms with van der Waals surface area (Å²) in [6.07, 6.45) is 16.4. The first-order chi connectivity index (χ1) is 17.8. The van der Waals surface area contributed by atoms with Gasteiger partial charge in [0.05, 0.1) is 6.10 Å². The first kappa shape index (κ1) is 38.6. The van der Waals surface area contributed by atoms with Gasteiger partial charge in [-0.3, -0.25) is 0 Å². The summed E-state index contributed by atoms with van der Waals surface area (Å²) >= 11 is 2.04. The minimum absolute atomic E-state index is 0.0970. The molecule has 2 aliphatic carbocycles. The monoisotopic (exact) mass is 632 g/mol. The Kier molecular flexibility index (Phi) is 25.5. The molecular weight excluding hydrogens is 571 g/mol. The lowest BCUT2D eigenvalue weighted by atomic mass is 9.80. The van der Waals surface area contributed by atoms with Crippen molar-refractivity contribution in [2.24, 2.45) is 17.8 Å². The Morgan fingerprint density at radius 1 is 0.919 bits per heavy atom. The largest absolute Gasteiger partial charge is 0.427 e. The number of hydrogen-bond acceptors (Lipinski definition) is 3. The summed E-state index contributed by atoms with van der Waals surface area (Å²) in [4.78, 5) is 0. The van der Waals surface area contributed by atoms with Crippen LogP contribution in [0.15, 0.2) is 24.3 Å². The average molecular weight is 633 g/mol. The van der Waals surface area contributed by atoms with Crippen LogP contribution >= 0.6 is 23.0 Å². The molecular formula is C33H61IO3. The van der Waals surface area contributed by atoms with Gasteiger partial charge >= 0.3 is 0 Å². The van der Waals surface area contributed by atoms with Gasteiger partial charge in [0.25, 0.3) is 0 Å². The zero-order chi connectivity index (χ0) is 28.8. The molecule has 0 aromatic heterocycles. The third-order valence-electron chi connectivity index (χ3n) is 6.79. The Hall–Kier alpha value is -0.590. The van der Waals surface area contributed by atoms with Gasteiger partial charge in [-0.25, -0.2) is 0 Å². The highest BCUT2D eigenvalue weighted by atomic mass is 127. The maximum atomic E-state index is 9.78. The normalized spacial score (nSPS) is 22.8. The van der Waals surface area contributed by atoms with Crippen molar-refractivity contribution >= 4 is 23.0 Å². The van der Waals surface area contributed by atoms with E-state index in [-0.39, 0.29) is 6.10 Å². The van der Waals surface area contributed by atoms with E-state index in [9.17, 15) is 5.11 Å². The Morgan fingerprint density at radius 2 is 1.43 bits per heavy atom. The van der Waals surface area contributed by atoms with Crippen molar-refractivity contribution in [2.45, 2.75) is 139 Å². The highest BCUT2D eigenvalue weighted by Gasteiger charge is 2.24. The van der Waals surface area contributed by atoms with Crippen LogP contribution in [0.1, 0.15) is 136 Å². The fraction of sp³-hybridized carbons (Fsp3) is 0.758. The molecule has 218 valence electrons. The zero-order valence-corrected chi connectivity index (χ0v) is 28.1. The van der Waals surface area contributed by atoms with Crippen molar-refractivity contribution in [3.63, 3.8) is 0 Å². The highest BCUT2D eigenvalue weighted by Crippen LogP contribution is 2.39. The second-order valence-electron chi connectivity index (χ2n) is 10.6. The van der Waals surface area contributed by atoms with E-state index in [1.54, 1.807) is 0 Å². The summed E-state index contributed by atoms with van der Waals surface area (Å²) in [5.74, 6) is 4.19. The Bertz CT molecular complexity index is 668. The van der Waals surface area contributed by atoms with Crippen molar-refractivity contribution in [1.29, 1.82) is 0 Å². The van der Waals surface area contributed by atoms with Crippen LogP contribution in [0.3, 0.4) is 0 Å². The minimum Gasteiger partial charge on any atom is -0.427 e. The number of hydrogen-bond donors (Lipinski definition) is 2. The van der Waals surface area contributed by atoms with Gasteiger partial charge in [-0.05, 0) is 98.7 Å². The van der Waals surface area contributed by atoms with Gasteiger partial charge in [-0.1, -0.05) is 92.5 Å². The van der Waals surface area contributed by atoms with Crippen LogP contribution < -0.4 is 3.07 Å². The lowest BCUT2D eigenvalue weighted by molar-refractivity contribution is 0.122. The first-order valence-electron chi connectivity index (χ1n) is 15.0. The maximum Gasteiger partial charge on any atom is 0.192 e. The molecule has 2 N–H and O–H groups in total. The van der Waals surface area contributed by atoms with Gasteiger partial charge in [0.1, 0.15) is 5.75 Å². The van der Waals surface area contributed by atoms with Crippen molar-refractivity contribution in [2.75, 3.05) is 7.11 Å². The summed E-state index contributed by atoms with van der Waals surface area (Å²) in [6.45, 7) is 19.1. The molecule has 0 radical (unpaired) electrons. The lowest BCUT2D eigenvalue weighted by Crippen LogP contribution is -2.17. The molecule has 0 saturated heterocycles. The smallest absolute Gasteiger partial charge is 0.192 e. The molecule has 0 unspecified atom stereocenters. The molecule has 1 aromatic rings. The summed E-state index contributed by atoms with van der Waals surface area (Å²) in [5, 5.41) is 16.8. The van der Waals surface area contributed by atoms with E-state index in [4.69, 9.17) is 8.17 Å². The molecule has 2 aliphatic rings. The van der Waals surface area contributed by atoms with Crippen molar-refractivity contribution in [3.8, 4) is 5.75 Å². The topological polar surface area (TPSA) is 49.7 Å². The van der Waals surface area contributed by atoms with Crippen LogP contribution in [0.25, 0.3) is 0 Å². The van der Waals surface area contributed by atoms with E-state index in [0.29, 0.717) is 5.92 Å². The number of benzene rings is 1. The lowest BCUT2D eigenvalue weighted by Gasteiger charge is -2.27. The predicted octanol–water partition coefficient (Wildman–Crippen LogP) is 10.4. The number of aryl methyl sites for hydroxylation is 1. The predicted molar refractivity (Wildman–Crippen MR) is 173 cm³/mol. The molecule has 0 amide bonds. The van der Waals surface area contributed by atoms with Crippen LogP contribution in [-0.4, -0.2) is 23.4 Å². The van der Waals surface area contributed by atoms with Gasteiger partial charge in [-0.2, -0.15) is 0 Å². The fourth-order valence-electron chi connectivity index (χ4n) is 4.90. The second kappa shape index (κ2) is 24.5. The molecule has 1 aromatic carbocycles. The summed E-state index contributed by atoms with van der Waals surface area (Å²) < 4.78 is 5.78. The molecule has 4 heteroatoms. The number of aliphatic hydroxyl groups excluding tert-OH is 2. The molecule has 3 nitrogen and oxygen atoms in total. The van der Waals surface area contributed by atoms with Crippen LogP contribution in [0, 0.1) is 24.7 Å². The standard InChI is InChI=1S/C24H35IO2.C4H10.2C2H6.CH4O/c1-17-7-9-19(10-8-17)5-3-4-6-21-13-16-23(18(2)24(21)27-25)20-11-14-22(26)15-12-20;1-4(2)3;3*1-2/h3,5,13,16-17,19-20,22,26H,4,6-12,14-15H2,1-2H3;4H,1-3H3;2*1-2H3;2H,1H3/b5-3+;;;;. The van der Waals surface area contributed by atoms with Crippen LogP contribution in [-0.2, 0) is 6.42 Å². The molecule has 2 saturated carbocycles. The van der Waals surface area contributed by atoms with Crippen LogP contribution in [0.2, 0.25) is 0 Å². The van der Waals surface area contributed by atoms with Crippen molar-refractivity contribution in [1.82, 2.24) is 0 Å². The van der Waals surface area contributed by atoms with E-state index < -0.39 is 0 Å². The second-order valence-corrected chi connectivity index (χ2v) is 11.0. The third-order valence-corrected chi connectivity index (χ3v) is 7.23. The molecule has 0 heterocycles. The highest BCUT2D eigenvalue weighted by molar-refractivity contribution is 14.1.